The Kier molecular flexibility index (Phi) is 6.59. The number of para-hydroxylation sites is 1. The molecule has 0 spiro atoms. The Morgan fingerprint density at radius 2 is 1.77 bits per heavy atom. The summed E-state index contributed by atoms with van der Waals surface area (Å²) in [6.07, 6.45) is 0. The zero-order valence-corrected chi connectivity index (χ0v) is 16.5. The lowest BCUT2D eigenvalue weighted by Gasteiger charge is -2.16. The third-order valence-electron chi connectivity index (χ3n) is 4.26. The van der Waals surface area contributed by atoms with Crippen LogP contribution in [0.5, 0.6) is 0 Å². The number of hydrogen-bond acceptors (Lipinski definition) is 6. The van der Waals surface area contributed by atoms with E-state index in [1.165, 1.54) is 6.07 Å². The first-order chi connectivity index (χ1) is 14.4. The summed E-state index contributed by atoms with van der Waals surface area (Å²) in [5, 5.41) is 9.03. The van der Waals surface area contributed by atoms with Crippen LogP contribution in [0.2, 0.25) is 0 Å². The number of esters is 1. The molecule has 3 aromatic rings. The second kappa shape index (κ2) is 9.51. The van der Waals surface area contributed by atoms with Gasteiger partial charge in [0.1, 0.15) is 5.76 Å². The van der Waals surface area contributed by atoms with Crippen molar-refractivity contribution in [3.8, 4) is 0 Å². The molecule has 1 heterocycles. The Balaban J connectivity index is 1.61. The predicted octanol–water partition coefficient (Wildman–Crippen LogP) is 3.27. The van der Waals surface area contributed by atoms with E-state index < -0.39 is 18.5 Å². The van der Waals surface area contributed by atoms with E-state index >= 15 is 0 Å². The van der Waals surface area contributed by atoms with Crippen LogP contribution in [0.25, 0.3) is 0 Å². The standard InChI is InChI=1S/C22H21N3O5/c1-14-12-19(25-30-14)22(28)29-13-20(26)24-18-11-7-6-10-17(18)21(27)23-15(2)16-8-4-3-5-9-16/h3-12,15H,13H2,1-2H3,(H,23,27)(H,24,26). The molecule has 2 N–H and O–H groups in total. The van der Waals surface area contributed by atoms with Crippen molar-refractivity contribution in [1.29, 1.82) is 0 Å². The lowest BCUT2D eigenvalue weighted by atomic mass is 10.1. The Morgan fingerprint density at radius 1 is 1.07 bits per heavy atom. The van der Waals surface area contributed by atoms with Crippen LogP contribution in [0.3, 0.4) is 0 Å². The van der Waals surface area contributed by atoms with Crippen LogP contribution in [0.1, 0.15) is 45.1 Å². The lowest BCUT2D eigenvalue weighted by molar-refractivity contribution is -0.119. The molecular weight excluding hydrogens is 386 g/mol. The molecule has 30 heavy (non-hydrogen) atoms. The van der Waals surface area contributed by atoms with E-state index in [0.29, 0.717) is 17.0 Å². The molecule has 0 fully saturated rings. The lowest BCUT2D eigenvalue weighted by Crippen LogP contribution is -2.28. The number of nitrogens with one attached hydrogen (secondary N) is 2. The minimum Gasteiger partial charge on any atom is -0.451 e. The minimum absolute atomic E-state index is 0.0185. The van der Waals surface area contributed by atoms with Gasteiger partial charge in [-0.25, -0.2) is 4.79 Å². The Bertz CT molecular complexity index is 1050. The van der Waals surface area contributed by atoms with Gasteiger partial charge in [-0.2, -0.15) is 0 Å². The third-order valence-corrected chi connectivity index (χ3v) is 4.26. The van der Waals surface area contributed by atoms with Crippen molar-refractivity contribution in [2.24, 2.45) is 0 Å². The van der Waals surface area contributed by atoms with Crippen LogP contribution in [0.15, 0.2) is 65.2 Å². The molecule has 0 radical (unpaired) electrons. The summed E-state index contributed by atoms with van der Waals surface area (Å²) in [6.45, 7) is 2.98. The quantitative estimate of drug-likeness (QED) is 0.582. The van der Waals surface area contributed by atoms with E-state index in [1.54, 1.807) is 31.2 Å². The molecule has 8 heteroatoms. The number of benzene rings is 2. The van der Waals surface area contributed by atoms with Crippen LogP contribution in [-0.4, -0.2) is 29.5 Å². The molecule has 0 bridgehead atoms. The van der Waals surface area contributed by atoms with Crippen LogP contribution in [0.4, 0.5) is 5.69 Å². The number of carbonyl (C=O) groups excluding carboxylic acids is 3. The number of hydrogen-bond donors (Lipinski definition) is 2. The van der Waals surface area contributed by atoms with Crippen LogP contribution >= 0.6 is 0 Å². The molecule has 0 aliphatic rings. The van der Waals surface area contributed by atoms with Crippen molar-refractivity contribution in [3.63, 3.8) is 0 Å². The normalized spacial score (nSPS) is 11.4. The van der Waals surface area contributed by atoms with Crippen molar-refractivity contribution >= 4 is 23.5 Å². The highest BCUT2D eigenvalue weighted by molar-refractivity contribution is 6.04. The number of aromatic nitrogens is 1. The van der Waals surface area contributed by atoms with Crippen molar-refractivity contribution in [1.82, 2.24) is 10.5 Å². The summed E-state index contributed by atoms with van der Waals surface area (Å²) in [4.78, 5) is 36.8. The number of ether oxygens (including phenoxy) is 1. The van der Waals surface area contributed by atoms with Crippen LogP contribution < -0.4 is 10.6 Å². The van der Waals surface area contributed by atoms with Gasteiger partial charge in [0.25, 0.3) is 11.8 Å². The topological polar surface area (TPSA) is 111 Å². The van der Waals surface area contributed by atoms with E-state index in [4.69, 9.17) is 9.26 Å². The molecule has 2 amide bonds. The number of amides is 2. The number of aryl methyl sites for hydroxylation is 1. The molecule has 1 atom stereocenters. The average molecular weight is 407 g/mol. The molecule has 8 nitrogen and oxygen atoms in total. The zero-order valence-electron chi connectivity index (χ0n) is 16.5. The smallest absolute Gasteiger partial charge is 0.361 e. The Hall–Kier alpha value is -3.94. The molecule has 154 valence electrons. The summed E-state index contributed by atoms with van der Waals surface area (Å²) in [5.74, 6) is -1.24. The van der Waals surface area contributed by atoms with Crippen molar-refractivity contribution in [2.45, 2.75) is 19.9 Å². The average Bonchev–Trinajstić information content (AvgIpc) is 3.19. The first kappa shape index (κ1) is 20.8. The summed E-state index contributed by atoms with van der Waals surface area (Å²) in [7, 11) is 0. The maximum absolute atomic E-state index is 12.7. The van der Waals surface area contributed by atoms with Gasteiger partial charge in [-0.05, 0) is 31.5 Å². The molecule has 2 aromatic carbocycles. The summed E-state index contributed by atoms with van der Waals surface area (Å²) < 4.78 is 9.72. The van der Waals surface area contributed by atoms with Gasteiger partial charge in [0.2, 0.25) is 0 Å². The van der Waals surface area contributed by atoms with E-state index in [-0.39, 0.29) is 17.6 Å². The van der Waals surface area contributed by atoms with Crippen molar-refractivity contribution < 1.29 is 23.6 Å². The first-order valence-corrected chi connectivity index (χ1v) is 9.29. The van der Waals surface area contributed by atoms with Gasteiger partial charge in [0, 0.05) is 6.07 Å². The zero-order chi connectivity index (χ0) is 21.5. The van der Waals surface area contributed by atoms with E-state index in [0.717, 1.165) is 5.56 Å². The van der Waals surface area contributed by atoms with Crippen molar-refractivity contribution in [2.75, 3.05) is 11.9 Å². The number of anilines is 1. The molecule has 0 aliphatic carbocycles. The van der Waals surface area contributed by atoms with Crippen molar-refractivity contribution in [3.05, 3.63) is 83.2 Å². The van der Waals surface area contributed by atoms with E-state index in [9.17, 15) is 14.4 Å². The van der Waals surface area contributed by atoms with Gasteiger partial charge in [0.05, 0.1) is 17.3 Å². The largest absolute Gasteiger partial charge is 0.451 e. The summed E-state index contributed by atoms with van der Waals surface area (Å²) in [6, 6.07) is 17.3. The Morgan fingerprint density at radius 3 is 2.47 bits per heavy atom. The van der Waals surface area contributed by atoms with Gasteiger partial charge in [-0.1, -0.05) is 47.6 Å². The highest BCUT2D eigenvalue weighted by Crippen LogP contribution is 2.18. The highest BCUT2D eigenvalue weighted by Gasteiger charge is 2.18. The van der Waals surface area contributed by atoms with Gasteiger partial charge < -0.3 is 19.9 Å². The molecule has 1 unspecified atom stereocenters. The second-order valence-corrected chi connectivity index (χ2v) is 6.60. The van der Waals surface area contributed by atoms with Gasteiger partial charge in [-0.15, -0.1) is 0 Å². The molecule has 0 saturated carbocycles. The van der Waals surface area contributed by atoms with E-state index in [1.807, 2.05) is 37.3 Å². The maximum atomic E-state index is 12.7. The minimum atomic E-state index is -0.773. The van der Waals surface area contributed by atoms with E-state index in [2.05, 4.69) is 15.8 Å². The summed E-state index contributed by atoms with van der Waals surface area (Å²) in [5.41, 5.74) is 1.55. The molecule has 1 aromatic heterocycles. The second-order valence-electron chi connectivity index (χ2n) is 6.60. The SMILES string of the molecule is Cc1cc(C(=O)OCC(=O)Nc2ccccc2C(=O)NC(C)c2ccccc2)no1. The number of rotatable bonds is 7. The maximum Gasteiger partial charge on any atom is 0.361 e. The molecular formula is C22H21N3O5. The van der Waals surface area contributed by atoms with Gasteiger partial charge in [-0.3, -0.25) is 9.59 Å². The number of carbonyl (C=O) groups is 3. The van der Waals surface area contributed by atoms with Gasteiger partial charge in [0.15, 0.2) is 12.3 Å². The van der Waals surface area contributed by atoms with Crippen LogP contribution in [-0.2, 0) is 9.53 Å². The van der Waals surface area contributed by atoms with Gasteiger partial charge >= 0.3 is 5.97 Å². The fourth-order valence-corrected chi connectivity index (χ4v) is 2.74. The Labute approximate surface area is 173 Å². The fourth-order valence-electron chi connectivity index (χ4n) is 2.74. The summed E-state index contributed by atoms with van der Waals surface area (Å²) >= 11 is 0. The number of nitrogens with zero attached hydrogens (tertiary/aromatic N) is 1. The molecule has 0 aliphatic heterocycles. The highest BCUT2D eigenvalue weighted by atomic mass is 16.5. The molecule has 0 saturated heterocycles. The first-order valence-electron chi connectivity index (χ1n) is 9.29. The third kappa shape index (κ3) is 5.32. The monoisotopic (exact) mass is 407 g/mol. The molecule has 3 rings (SSSR count). The predicted molar refractivity (Wildman–Crippen MR) is 109 cm³/mol. The fraction of sp³-hybridized carbons (Fsp3) is 0.182. The van der Waals surface area contributed by atoms with Crippen LogP contribution in [0, 0.1) is 6.92 Å².